The SMILES string of the molecule is COc1ccc(Cl)cc1NC(=O)NCC(C)(O)CCc1ccccc1. The summed E-state index contributed by atoms with van der Waals surface area (Å²) >= 11 is 5.94. The van der Waals surface area contributed by atoms with Crippen LogP contribution < -0.4 is 15.4 Å². The number of ether oxygens (including phenoxy) is 1. The first-order valence-electron chi connectivity index (χ1n) is 8.04. The van der Waals surface area contributed by atoms with E-state index >= 15 is 0 Å². The number of halogens is 1. The molecule has 0 aliphatic rings. The van der Waals surface area contributed by atoms with Gasteiger partial charge in [0.05, 0.1) is 18.4 Å². The largest absolute Gasteiger partial charge is 0.495 e. The Morgan fingerprint density at radius 1 is 1.24 bits per heavy atom. The molecule has 1 unspecified atom stereocenters. The molecule has 134 valence electrons. The van der Waals surface area contributed by atoms with Crippen LogP contribution in [0.4, 0.5) is 10.5 Å². The number of hydrogen-bond donors (Lipinski definition) is 3. The van der Waals surface area contributed by atoms with Crippen LogP contribution in [0.25, 0.3) is 0 Å². The summed E-state index contributed by atoms with van der Waals surface area (Å²) in [6.45, 7) is 1.84. The molecule has 0 aliphatic carbocycles. The molecule has 0 heterocycles. The topological polar surface area (TPSA) is 70.6 Å². The minimum atomic E-state index is -1.01. The van der Waals surface area contributed by atoms with Gasteiger partial charge in [-0.25, -0.2) is 4.79 Å². The minimum absolute atomic E-state index is 0.133. The van der Waals surface area contributed by atoms with Crippen LogP contribution >= 0.6 is 11.6 Å². The number of carbonyl (C=O) groups is 1. The quantitative estimate of drug-likeness (QED) is 0.700. The maximum atomic E-state index is 12.1. The van der Waals surface area contributed by atoms with Crippen molar-refractivity contribution in [3.63, 3.8) is 0 Å². The highest BCUT2D eigenvalue weighted by atomic mass is 35.5. The van der Waals surface area contributed by atoms with Crippen LogP contribution in [0.5, 0.6) is 5.75 Å². The second-order valence-corrected chi connectivity index (χ2v) is 6.57. The van der Waals surface area contributed by atoms with E-state index in [1.165, 1.54) is 7.11 Å². The first-order valence-corrected chi connectivity index (χ1v) is 8.42. The predicted molar refractivity (Wildman–Crippen MR) is 100 cm³/mol. The first-order chi connectivity index (χ1) is 11.9. The van der Waals surface area contributed by atoms with E-state index < -0.39 is 11.6 Å². The summed E-state index contributed by atoms with van der Waals surface area (Å²) < 4.78 is 5.18. The van der Waals surface area contributed by atoms with Gasteiger partial charge in [0.2, 0.25) is 0 Å². The van der Waals surface area contributed by atoms with Crippen molar-refractivity contribution in [2.45, 2.75) is 25.4 Å². The smallest absolute Gasteiger partial charge is 0.319 e. The molecule has 5 nitrogen and oxygen atoms in total. The van der Waals surface area contributed by atoms with Gasteiger partial charge in [-0.15, -0.1) is 0 Å². The number of anilines is 1. The van der Waals surface area contributed by atoms with Gasteiger partial charge in [-0.2, -0.15) is 0 Å². The molecule has 3 N–H and O–H groups in total. The standard InChI is InChI=1S/C19H23ClN2O3/c1-19(24,11-10-14-6-4-3-5-7-14)13-21-18(23)22-16-12-15(20)8-9-17(16)25-2/h3-9,12,24H,10-11,13H2,1-2H3,(H2,21,22,23). The second kappa shape index (κ2) is 8.74. The van der Waals surface area contributed by atoms with Gasteiger partial charge in [0.1, 0.15) is 5.75 Å². The fraction of sp³-hybridized carbons (Fsp3) is 0.316. The summed E-state index contributed by atoms with van der Waals surface area (Å²) in [5.41, 5.74) is 0.610. The van der Waals surface area contributed by atoms with Crippen molar-refractivity contribution in [3.8, 4) is 5.75 Å². The normalized spacial score (nSPS) is 13.0. The number of amides is 2. The molecule has 2 rings (SSSR count). The van der Waals surface area contributed by atoms with E-state index in [-0.39, 0.29) is 6.54 Å². The average Bonchev–Trinajstić information content (AvgIpc) is 2.60. The molecular weight excluding hydrogens is 340 g/mol. The van der Waals surface area contributed by atoms with Gasteiger partial charge in [-0.3, -0.25) is 0 Å². The van der Waals surface area contributed by atoms with Crippen molar-refractivity contribution in [2.75, 3.05) is 19.0 Å². The highest BCUT2D eigenvalue weighted by molar-refractivity contribution is 6.31. The maximum Gasteiger partial charge on any atom is 0.319 e. The highest BCUT2D eigenvalue weighted by Gasteiger charge is 2.21. The second-order valence-electron chi connectivity index (χ2n) is 6.13. The van der Waals surface area contributed by atoms with Crippen LogP contribution in [0.15, 0.2) is 48.5 Å². The van der Waals surface area contributed by atoms with Crippen molar-refractivity contribution in [3.05, 3.63) is 59.1 Å². The number of benzene rings is 2. The van der Waals surface area contributed by atoms with Gasteiger partial charge in [-0.1, -0.05) is 41.9 Å². The zero-order valence-electron chi connectivity index (χ0n) is 14.4. The molecule has 0 spiro atoms. The Morgan fingerprint density at radius 3 is 2.64 bits per heavy atom. The zero-order valence-corrected chi connectivity index (χ0v) is 15.1. The monoisotopic (exact) mass is 362 g/mol. The summed E-state index contributed by atoms with van der Waals surface area (Å²) in [6, 6.07) is 14.4. The van der Waals surface area contributed by atoms with Gasteiger partial charge in [0.25, 0.3) is 0 Å². The summed E-state index contributed by atoms with van der Waals surface area (Å²) in [5, 5.41) is 16.3. The lowest BCUT2D eigenvalue weighted by Crippen LogP contribution is -2.42. The lowest BCUT2D eigenvalue weighted by atomic mass is 9.97. The van der Waals surface area contributed by atoms with Crippen LogP contribution in [0.3, 0.4) is 0 Å². The maximum absolute atomic E-state index is 12.1. The van der Waals surface area contributed by atoms with Gasteiger partial charge in [-0.05, 0) is 43.5 Å². The Balaban J connectivity index is 1.85. The first kappa shape index (κ1) is 19.1. The number of aliphatic hydroxyl groups is 1. The third kappa shape index (κ3) is 6.29. The van der Waals surface area contributed by atoms with E-state index in [0.717, 1.165) is 12.0 Å². The van der Waals surface area contributed by atoms with Crippen LogP contribution in [0.1, 0.15) is 18.9 Å². The lowest BCUT2D eigenvalue weighted by molar-refractivity contribution is 0.0539. The van der Waals surface area contributed by atoms with Crippen LogP contribution in [0, 0.1) is 0 Å². The van der Waals surface area contributed by atoms with Crippen molar-refractivity contribution in [1.82, 2.24) is 5.32 Å². The van der Waals surface area contributed by atoms with Crippen molar-refractivity contribution < 1.29 is 14.6 Å². The van der Waals surface area contributed by atoms with E-state index in [9.17, 15) is 9.90 Å². The minimum Gasteiger partial charge on any atom is -0.495 e. The van der Waals surface area contributed by atoms with E-state index in [1.807, 2.05) is 30.3 Å². The molecule has 1 atom stereocenters. The van der Waals surface area contributed by atoms with Gasteiger partial charge < -0.3 is 20.5 Å². The van der Waals surface area contributed by atoms with Gasteiger partial charge >= 0.3 is 6.03 Å². The molecule has 0 aromatic heterocycles. The number of methoxy groups -OCH3 is 1. The molecule has 2 aromatic rings. The van der Waals surface area contributed by atoms with E-state index in [4.69, 9.17) is 16.3 Å². The van der Waals surface area contributed by atoms with Crippen LogP contribution in [-0.2, 0) is 6.42 Å². The zero-order chi connectivity index (χ0) is 18.3. The average molecular weight is 363 g/mol. The molecule has 2 amide bonds. The Hall–Kier alpha value is -2.24. The summed E-state index contributed by atoms with van der Waals surface area (Å²) in [7, 11) is 1.51. The summed E-state index contributed by atoms with van der Waals surface area (Å²) in [6.07, 6.45) is 1.27. The molecule has 0 aliphatic heterocycles. The number of urea groups is 1. The third-order valence-electron chi connectivity index (χ3n) is 3.83. The fourth-order valence-electron chi connectivity index (χ4n) is 2.36. The Bertz CT molecular complexity index is 705. The van der Waals surface area contributed by atoms with Gasteiger partial charge in [0, 0.05) is 11.6 Å². The van der Waals surface area contributed by atoms with E-state index in [2.05, 4.69) is 10.6 Å². The number of rotatable bonds is 7. The van der Waals surface area contributed by atoms with Crippen molar-refractivity contribution in [1.29, 1.82) is 0 Å². The molecule has 0 bridgehead atoms. The number of aryl methyl sites for hydroxylation is 1. The molecule has 0 fully saturated rings. The van der Waals surface area contributed by atoms with Crippen molar-refractivity contribution >= 4 is 23.3 Å². The summed E-state index contributed by atoms with van der Waals surface area (Å²) in [5.74, 6) is 0.510. The highest BCUT2D eigenvalue weighted by Crippen LogP contribution is 2.27. The third-order valence-corrected chi connectivity index (χ3v) is 4.07. The molecule has 0 saturated carbocycles. The van der Waals surface area contributed by atoms with Crippen molar-refractivity contribution in [2.24, 2.45) is 0 Å². The lowest BCUT2D eigenvalue weighted by Gasteiger charge is -2.24. The van der Waals surface area contributed by atoms with Gasteiger partial charge in [0.15, 0.2) is 0 Å². The van der Waals surface area contributed by atoms with E-state index in [1.54, 1.807) is 25.1 Å². The van der Waals surface area contributed by atoms with Crippen LogP contribution in [0.2, 0.25) is 5.02 Å². The van der Waals surface area contributed by atoms with Crippen LogP contribution in [-0.4, -0.2) is 30.4 Å². The molecule has 2 aromatic carbocycles. The number of carbonyl (C=O) groups excluding carboxylic acids is 1. The number of hydrogen-bond acceptors (Lipinski definition) is 3. The molecule has 6 heteroatoms. The Labute approximate surface area is 153 Å². The molecule has 0 radical (unpaired) electrons. The molecular formula is C19H23ClN2O3. The molecule has 25 heavy (non-hydrogen) atoms. The number of nitrogens with one attached hydrogen (secondary N) is 2. The fourth-order valence-corrected chi connectivity index (χ4v) is 2.53. The predicted octanol–water partition coefficient (Wildman–Crippen LogP) is 3.85. The molecule has 0 saturated heterocycles. The summed E-state index contributed by atoms with van der Waals surface area (Å²) in [4.78, 5) is 12.1. The Kier molecular flexibility index (Phi) is 6.67. The Morgan fingerprint density at radius 2 is 1.96 bits per heavy atom. The van der Waals surface area contributed by atoms with E-state index in [0.29, 0.717) is 22.9 Å².